The molecule has 0 fully saturated rings. The highest BCUT2D eigenvalue weighted by Crippen LogP contribution is 2.20. The van der Waals surface area contributed by atoms with E-state index in [0.29, 0.717) is 0 Å². The van der Waals surface area contributed by atoms with Crippen molar-refractivity contribution in [3.63, 3.8) is 0 Å². The lowest BCUT2D eigenvalue weighted by Crippen LogP contribution is -1.86. The van der Waals surface area contributed by atoms with Crippen molar-refractivity contribution in [1.82, 2.24) is 0 Å². The zero-order valence-electron chi connectivity index (χ0n) is 8.89. The van der Waals surface area contributed by atoms with Crippen LogP contribution in [0.25, 0.3) is 0 Å². The fourth-order valence-electron chi connectivity index (χ4n) is 1.80. The maximum absolute atomic E-state index is 2.24. The van der Waals surface area contributed by atoms with E-state index >= 15 is 0 Å². The van der Waals surface area contributed by atoms with Crippen molar-refractivity contribution in [2.24, 2.45) is 0 Å². The quantitative estimate of drug-likeness (QED) is 0.619. The Kier molecular flexibility index (Phi) is 3.56. The Labute approximate surface area is 91.7 Å². The fourth-order valence-corrected chi connectivity index (χ4v) is 1.80. The molecule has 0 nitrogen and oxygen atoms in total. The molecule has 0 saturated heterocycles. The highest BCUT2D eigenvalue weighted by molar-refractivity contribution is 5.31. The minimum Gasteiger partial charge on any atom is -0.0804 e. The first-order chi connectivity index (χ1) is 7.45. The molecule has 2 aliphatic rings. The monoisotopic (exact) mass is 196 g/mol. The van der Waals surface area contributed by atoms with E-state index in [4.69, 9.17) is 0 Å². The van der Waals surface area contributed by atoms with Gasteiger partial charge in [0.2, 0.25) is 0 Å². The van der Waals surface area contributed by atoms with Crippen molar-refractivity contribution in [3.05, 3.63) is 71.9 Å². The first-order valence-corrected chi connectivity index (χ1v) is 5.47. The van der Waals surface area contributed by atoms with Crippen LogP contribution >= 0.6 is 0 Å². The number of hydrogen-bond donors (Lipinski definition) is 0. The van der Waals surface area contributed by atoms with E-state index in [-0.39, 0.29) is 0 Å². The maximum Gasteiger partial charge on any atom is -0.00960 e. The molecule has 0 heterocycles. The number of allylic oxidation sites excluding steroid dienone is 12. The van der Waals surface area contributed by atoms with Crippen LogP contribution in [-0.4, -0.2) is 0 Å². The summed E-state index contributed by atoms with van der Waals surface area (Å²) < 4.78 is 0. The van der Waals surface area contributed by atoms with Crippen LogP contribution in [0.3, 0.4) is 0 Å². The molecule has 0 aliphatic heterocycles. The van der Waals surface area contributed by atoms with E-state index in [1.807, 2.05) is 0 Å². The summed E-state index contributed by atoms with van der Waals surface area (Å²) in [5.41, 5.74) is 2.99. The molecule has 0 aromatic heterocycles. The molecule has 76 valence electrons. The lowest BCUT2D eigenvalue weighted by atomic mass is 10.00. The van der Waals surface area contributed by atoms with Crippen molar-refractivity contribution >= 4 is 0 Å². The molecule has 0 atom stereocenters. The molecule has 2 rings (SSSR count). The van der Waals surface area contributed by atoms with Crippen LogP contribution in [0.5, 0.6) is 0 Å². The van der Waals surface area contributed by atoms with Crippen LogP contribution in [0, 0.1) is 0 Å². The molecule has 0 aromatic carbocycles. The summed E-state index contributed by atoms with van der Waals surface area (Å²) in [5, 5.41) is 0. The lowest BCUT2D eigenvalue weighted by molar-refractivity contribution is 1.01. The fraction of sp³-hybridized carbons (Fsp3) is 0.200. The van der Waals surface area contributed by atoms with Gasteiger partial charge >= 0.3 is 0 Å². The zero-order valence-corrected chi connectivity index (χ0v) is 8.89. The highest BCUT2D eigenvalue weighted by atomic mass is 14.1. The Hall–Kier alpha value is -1.56. The third-order valence-corrected chi connectivity index (χ3v) is 2.59. The van der Waals surface area contributed by atoms with Gasteiger partial charge in [0, 0.05) is 0 Å². The van der Waals surface area contributed by atoms with Gasteiger partial charge in [-0.25, -0.2) is 0 Å². The molecular formula is C15H16. The van der Waals surface area contributed by atoms with E-state index in [1.165, 1.54) is 11.1 Å². The van der Waals surface area contributed by atoms with Crippen LogP contribution in [0.1, 0.15) is 19.3 Å². The summed E-state index contributed by atoms with van der Waals surface area (Å²) in [6.07, 6.45) is 24.8. The summed E-state index contributed by atoms with van der Waals surface area (Å²) in [6.45, 7) is 0. The average molecular weight is 196 g/mol. The van der Waals surface area contributed by atoms with Gasteiger partial charge in [0.1, 0.15) is 0 Å². The predicted octanol–water partition coefficient (Wildman–Crippen LogP) is 4.26. The second-order valence-electron chi connectivity index (χ2n) is 3.86. The number of rotatable bonds is 2. The van der Waals surface area contributed by atoms with Gasteiger partial charge in [-0.2, -0.15) is 0 Å². The SMILES string of the molecule is C1=CC=C(CC2=CC=CC=CC2)CC=C1. The van der Waals surface area contributed by atoms with Crippen molar-refractivity contribution in [3.8, 4) is 0 Å². The lowest BCUT2D eigenvalue weighted by Gasteiger charge is -2.06. The molecule has 0 unspecified atom stereocenters. The molecule has 0 N–H and O–H groups in total. The molecule has 0 heteroatoms. The second-order valence-corrected chi connectivity index (χ2v) is 3.86. The van der Waals surface area contributed by atoms with E-state index < -0.39 is 0 Å². The molecule has 0 aromatic rings. The third kappa shape index (κ3) is 3.25. The standard InChI is InChI=1S/C15H16/c1-2-6-10-14(9-5-1)13-15-11-7-3-4-8-12-15/h1-9,11H,10,12-13H2. The smallest absolute Gasteiger partial charge is 0.00960 e. The number of hydrogen-bond acceptors (Lipinski definition) is 0. The Morgan fingerprint density at radius 1 is 0.667 bits per heavy atom. The van der Waals surface area contributed by atoms with Crippen molar-refractivity contribution < 1.29 is 0 Å². The average Bonchev–Trinajstić information content (AvgIpc) is 2.63. The minimum absolute atomic E-state index is 1.08. The Morgan fingerprint density at radius 2 is 1.20 bits per heavy atom. The van der Waals surface area contributed by atoms with Crippen molar-refractivity contribution in [2.75, 3.05) is 0 Å². The summed E-state index contributed by atoms with van der Waals surface area (Å²) in [7, 11) is 0. The highest BCUT2D eigenvalue weighted by Gasteiger charge is 2.01. The summed E-state index contributed by atoms with van der Waals surface area (Å²) in [5.74, 6) is 0. The van der Waals surface area contributed by atoms with Gasteiger partial charge in [0.15, 0.2) is 0 Å². The summed E-state index contributed by atoms with van der Waals surface area (Å²) >= 11 is 0. The molecule has 0 radical (unpaired) electrons. The van der Waals surface area contributed by atoms with E-state index in [1.54, 1.807) is 0 Å². The second kappa shape index (κ2) is 5.35. The minimum atomic E-state index is 1.08. The van der Waals surface area contributed by atoms with Crippen molar-refractivity contribution in [2.45, 2.75) is 19.3 Å². The summed E-state index contributed by atoms with van der Waals surface area (Å²) in [4.78, 5) is 0. The van der Waals surface area contributed by atoms with Gasteiger partial charge in [-0.1, -0.05) is 71.9 Å². The Balaban J connectivity index is 2.02. The van der Waals surface area contributed by atoms with Gasteiger partial charge in [-0.3, -0.25) is 0 Å². The zero-order chi connectivity index (χ0) is 10.3. The molecule has 2 aliphatic carbocycles. The predicted molar refractivity (Wildman–Crippen MR) is 66.6 cm³/mol. The van der Waals surface area contributed by atoms with Gasteiger partial charge in [0.25, 0.3) is 0 Å². The first kappa shape index (κ1) is 9.97. The molecule has 0 bridgehead atoms. The third-order valence-electron chi connectivity index (χ3n) is 2.59. The van der Waals surface area contributed by atoms with Gasteiger partial charge in [-0.05, 0) is 19.3 Å². The molecule has 15 heavy (non-hydrogen) atoms. The Morgan fingerprint density at radius 3 is 1.73 bits per heavy atom. The van der Waals surface area contributed by atoms with Gasteiger partial charge in [0.05, 0.1) is 0 Å². The molecule has 0 saturated carbocycles. The molecule has 0 amide bonds. The topological polar surface area (TPSA) is 0 Å². The van der Waals surface area contributed by atoms with E-state index in [9.17, 15) is 0 Å². The molecular weight excluding hydrogens is 180 g/mol. The van der Waals surface area contributed by atoms with Crippen LogP contribution in [0.2, 0.25) is 0 Å². The van der Waals surface area contributed by atoms with Gasteiger partial charge < -0.3 is 0 Å². The normalized spacial score (nSPS) is 19.5. The maximum atomic E-state index is 2.24. The molecule has 0 spiro atoms. The summed E-state index contributed by atoms with van der Waals surface area (Å²) in [6, 6.07) is 0. The largest absolute Gasteiger partial charge is 0.0804 e. The Bertz CT molecular complexity index is 346. The van der Waals surface area contributed by atoms with Crippen LogP contribution < -0.4 is 0 Å². The van der Waals surface area contributed by atoms with Crippen LogP contribution in [-0.2, 0) is 0 Å². The van der Waals surface area contributed by atoms with Crippen LogP contribution in [0.4, 0.5) is 0 Å². The van der Waals surface area contributed by atoms with Crippen molar-refractivity contribution in [1.29, 1.82) is 0 Å². The van der Waals surface area contributed by atoms with Gasteiger partial charge in [-0.15, -0.1) is 0 Å². The van der Waals surface area contributed by atoms with E-state index in [2.05, 4.69) is 60.8 Å². The van der Waals surface area contributed by atoms with Crippen LogP contribution in [0.15, 0.2) is 71.9 Å². The van der Waals surface area contributed by atoms with E-state index in [0.717, 1.165) is 19.3 Å². The first-order valence-electron chi connectivity index (χ1n) is 5.47.